The molecule has 20 heavy (non-hydrogen) atoms. The van der Waals surface area contributed by atoms with Crippen molar-refractivity contribution >= 4 is 5.91 Å². The molecule has 2 N–H and O–H groups in total. The maximum atomic E-state index is 11.6. The van der Waals surface area contributed by atoms with E-state index < -0.39 is 0 Å². The van der Waals surface area contributed by atoms with Crippen LogP contribution < -0.4 is 10.6 Å². The molecule has 6 nitrogen and oxygen atoms in total. The van der Waals surface area contributed by atoms with Crippen molar-refractivity contribution in [3.63, 3.8) is 0 Å². The van der Waals surface area contributed by atoms with E-state index in [4.69, 9.17) is 0 Å². The Hall–Kier alpha value is -1.43. The summed E-state index contributed by atoms with van der Waals surface area (Å²) in [6.07, 6.45) is 3.26. The fourth-order valence-corrected chi connectivity index (χ4v) is 2.64. The van der Waals surface area contributed by atoms with Crippen molar-refractivity contribution < 1.29 is 4.79 Å². The molecule has 1 aliphatic rings. The maximum Gasteiger partial charge on any atom is 0.220 e. The summed E-state index contributed by atoms with van der Waals surface area (Å²) in [5.41, 5.74) is 0.978. The van der Waals surface area contributed by atoms with Crippen LogP contribution in [0.3, 0.4) is 0 Å². The molecule has 112 valence electrons. The number of aromatic nitrogens is 3. The number of nitrogens with zero attached hydrogens (tertiary/aromatic N) is 3. The summed E-state index contributed by atoms with van der Waals surface area (Å²) in [6, 6.07) is 0.421. The Bertz CT molecular complexity index is 462. The molecule has 1 aliphatic heterocycles. The highest BCUT2D eigenvalue weighted by atomic mass is 16.1. The fourth-order valence-electron chi connectivity index (χ4n) is 2.64. The number of hydrogen-bond acceptors (Lipinski definition) is 4. The molecular weight excluding hydrogens is 254 g/mol. The summed E-state index contributed by atoms with van der Waals surface area (Å²) in [5.74, 6) is 0.153. The molecule has 0 saturated carbocycles. The molecule has 1 aromatic heterocycles. The van der Waals surface area contributed by atoms with E-state index in [1.165, 1.54) is 0 Å². The van der Waals surface area contributed by atoms with Crippen LogP contribution in [-0.2, 0) is 17.9 Å². The topological polar surface area (TPSA) is 71.8 Å². The lowest BCUT2D eigenvalue weighted by Crippen LogP contribution is -2.59. The highest BCUT2D eigenvalue weighted by Gasteiger charge is 2.36. The smallest absolute Gasteiger partial charge is 0.220 e. The monoisotopic (exact) mass is 279 g/mol. The van der Waals surface area contributed by atoms with Gasteiger partial charge in [0, 0.05) is 25.0 Å². The Morgan fingerprint density at radius 1 is 1.50 bits per heavy atom. The lowest BCUT2D eigenvalue weighted by molar-refractivity contribution is -0.125. The van der Waals surface area contributed by atoms with Gasteiger partial charge in [0.2, 0.25) is 5.91 Å². The van der Waals surface area contributed by atoms with Crippen molar-refractivity contribution in [1.82, 2.24) is 25.6 Å². The van der Waals surface area contributed by atoms with E-state index in [1.54, 1.807) is 11.0 Å². The summed E-state index contributed by atoms with van der Waals surface area (Å²) in [4.78, 5) is 13.3. The van der Waals surface area contributed by atoms with Gasteiger partial charge in [-0.3, -0.25) is 4.79 Å². The second-order valence-corrected chi connectivity index (χ2v) is 6.46. The van der Waals surface area contributed by atoms with Gasteiger partial charge in [-0.25, -0.2) is 0 Å². The predicted molar refractivity (Wildman–Crippen MR) is 76.9 cm³/mol. The molecule has 1 fully saturated rings. The highest BCUT2D eigenvalue weighted by molar-refractivity contribution is 5.77. The molecule has 0 spiro atoms. The summed E-state index contributed by atoms with van der Waals surface area (Å²) < 4.78 is 0. The van der Waals surface area contributed by atoms with Gasteiger partial charge in [-0.2, -0.15) is 15.0 Å². The quantitative estimate of drug-likeness (QED) is 0.865. The van der Waals surface area contributed by atoms with Crippen LogP contribution in [0.25, 0.3) is 0 Å². The van der Waals surface area contributed by atoms with Gasteiger partial charge in [0.15, 0.2) is 0 Å². The van der Waals surface area contributed by atoms with Gasteiger partial charge in [0.05, 0.1) is 18.4 Å². The number of aryl methyl sites for hydroxylation is 1. The van der Waals surface area contributed by atoms with Gasteiger partial charge in [0.25, 0.3) is 0 Å². The fraction of sp³-hybridized carbons (Fsp3) is 0.786. The van der Waals surface area contributed by atoms with Crippen molar-refractivity contribution in [1.29, 1.82) is 0 Å². The number of amides is 1. The first kappa shape index (κ1) is 15.0. The van der Waals surface area contributed by atoms with E-state index in [0.29, 0.717) is 13.0 Å². The van der Waals surface area contributed by atoms with E-state index in [0.717, 1.165) is 18.7 Å². The summed E-state index contributed by atoms with van der Waals surface area (Å²) in [7, 11) is 0. The van der Waals surface area contributed by atoms with Crippen LogP contribution in [0.15, 0.2) is 6.20 Å². The van der Waals surface area contributed by atoms with Crippen molar-refractivity contribution in [2.75, 3.05) is 0 Å². The van der Waals surface area contributed by atoms with E-state index in [2.05, 4.69) is 41.6 Å². The van der Waals surface area contributed by atoms with Gasteiger partial charge < -0.3 is 10.6 Å². The zero-order valence-electron chi connectivity index (χ0n) is 12.8. The molecule has 0 radical (unpaired) electrons. The zero-order chi connectivity index (χ0) is 14.8. The summed E-state index contributed by atoms with van der Waals surface area (Å²) in [5, 5.41) is 15.2. The van der Waals surface area contributed by atoms with Crippen molar-refractivity contribution in [2.24, 2.45) is 5.41 Å². The third-order valence-corrected chi connectivity index (χ3v) is 3.75. The Morgan fingerprint density at radius 2 is 2.25 bits per heavy atom. The Kier molecular flexibility index (Phi) is 4.42. The van der Waals surface area contributed by atoms with Crippen LogP contribution >= 0.6 is 0 Å². The van der Waals surface area contributed by atoms with Crippen LogP contribution in [0.2, 0.25) is 0 Å². The van der Waals surface area contributed by atoms with Crippen LogP contribution in [0.1, 0.15) is 46.2 Å². The molecule has 2 atom stereocenters. The van der Waals surface area contributed by atoms with Crippen LogP contribution in [0.5, 0.6) is 0 Å². The molecular formula is C14H25N5O. The molecule has 0 bridgehead atoms. The van der Waals surface area contributed by atoms with Gasteiger partial charge in [-0.1, -0.05) is 20.8 Å². The number of rotatable bonds is 4. The highest BCUT2D eigenvalue weighted by Crippen LogP contribution is 2.26. The van der Waals surface area contributed by atoms with E-state index in [9.17, 15) is 4.79 Å². The maximum absolute atomic E-state index is 11.6. The van der Waals surface area contributed by atoms with Crippen molar-refractivity contribution in [3.05, 3.63) is 11.9 Å². The molecule has 1 amide bonds. The van der Waals surface area contributed by atoms with Gasteiger partial charge in [-0.15, -0.1) is 0 Å². The Labute approximate surface area is 120 Å². The molecule has 0 aliphatic carbocycles. The number of nitrogens with one attached hydrogen (secondary N) is 2. The van der Waals surface area contributed by atoms with Crippen LogP contribution in [-0.4, -0.2) is 33.0 Å². The SMILES string of the molecule is CCn1ncc(CN[C@@H]2CCC(=O)N[C@H]2C(C)(C)C)n1. The van der Waals surface area contributed by atoms with Crippen molar-refractivity contribution in [3.8, 4) is 0 Å². The first-order valence-electron chi connectivity index (χ1n) is 7.32. The number of hydrogen-bond donors (Lipinski definition) is 2. The second kappa shape index (κ2) is 5.91. The standard InChI is InChI=1S/C14H25N5O/c1-5-19-16-9-10(18-19)8-15-11-6-7-12(20)17-13(11)14(2,3)4/h9,11,13,15H,5-8H2,1-4H3,(H,17,20)/t11-,13-/m1/s1. The second-order valence-electron chi connectivity index (χ2n) is 6.46. The Morgan fingerprint density at radius 3 is 2.85 bits per heavy atom. The minimum atomic E-state index is 0.0365. The zero-order valence-corrected chi connectivity index (χ0v) is 12.8. The Balaban J connectivity index is 1.97. The lowest BCUT2D eigenvalue weighted by Gasteiger charge is -2.41. The number of piperidine rings is 1. The largest absolute Gasteiger partial charge is 0.351 e. The minimum absolute atomic E-state index is 0.0365. The first-order valence-corrected chi connectivity index (χ1v) is 7.32. The molecule has 2 rings (SSSR count). The van der Waals surface area contributed by atoms with E-state index in [1.807, 2.05) is 6.92 Å². The molecule has 6 heteroatoms. The van der Waals surface area contributed by atoms with E-state index in [-0.39, 0.29) is 23.4 Å². The normalized spacial score (nSPS) is 23.7. The third kappa shape index (κ3) is 3.56. The predicted octanol–water partition coefficient (Wildman–Crippen LogP) is 1.08. The lowest BCUT2D eigenvalue weighted by atomic mass is 9.79. The summed E-state index contributed by atoms with van der Waals surface area (Å²) in [6.45, 7) is 9.96. The van der Waals surface area contributed by atoms with Gasteiger partial charge >= 0.3 is 0 Å². The average Bonchev–Trinajstić information content (AvgIpc) is 2.84. The molecule has 0 aromatic carbocycles. The summed E-state index contributed by atoms with van der Waals surface area (Å²) >= 11 is 0. The molecule has 1 saturated heterocycles. The van der Waals surface area contributed by atoms with Gasteiger partial charge in [0.1, 0.15) is 0 Å². The third-order valence-electron chi connectivity index (χ3n) is 3.75. The minimum Gasteiger partial charge on any atom is -0.351 e. The van der Waals surface area contributed by atoms with Crippen LogP contribution in [0, 0.1) is 5.41 Å². The number of carbonyl (C=O) groups is 1. The van der Waals surface area contributed by atoms with E-state index >= 15 is 0 Å². The molecule has 0 unspecified atom stereocenters. The van der Waals surface area contributed by atoms with Crippen molar-refractivity contribution in [2.45, 2.75) is 65.7 Å². The number of carbonyl (C=O) groups excluding carboxylic acids is 1. The van der Waals surface area contributed by atoms with Gasteiger partial charge in [-0.05, 0) is 18.8 Å². The first-order chi connectivity index (χ1) is 9.40. The average molecular weight is 279 g/mol. The molecule has 1 aromatic rings. The molecule has 2 heterocycles. The van der Waals surface area contributed by atoms with Crippen LogP contribution in [0.4, 0.5) is 0 Å².